The Balaban J connectivity index is 1.86. The number of carbonyl (C=O) groups excluding carboxylic acids is 1. The molecule has 1 aromatic rings. The molecule has 5 heteroatoms. The van der Waals surface area contributed by atoms with Gasteiger partial charge in [-0.25, -0.2) is 0 Å². The van der Waals surface area contributed by atoms with Crippen molar-refractivity contribution in [2.75, 3.05) is 18.1 Å². The zero-order valence-corrected chi connectivity index (χ0v) is 11.1. The number of nitrogens with zero attached hydrogens (tertiary/aromatic N) is 1. The number of pyridine rings is 1. The van der Waals surface area contributed by atoms with Gasteiger partial charge in [0.25, 0.3) is 0 Å². The Morgan fingerprint density at radius 2 is 2.53 bits per heavy atom. The summed E-state index contributed by atoms with van der Waals surface area (Å²) in [5, 5.41) is 3.94. The highest BCUT2D eigenvalue weighted by molar-refractivity contribution is 7.99. The first-order valence-corrected chi connectivity index (χ1v) is 7.20. The zero-order chi connectivity index (χ0) is 12.1. The van der Waals surface area contributed by atoms with Gasteiger partial charge in [0, 0.05) is 49.3 Å². The van der Waals surface area contributed by atoms with Crippen LogP contribution in [0.5, 0.6) is 0 Å². The van der Waals surface area contributed by atoms with Gasteiger partial charge in [-0.05, 0) is 11.6 Å². The fourth-order valence-electron chi connectivity index (χ4n) is 1.86. The number of hydrogen-bond acceptors (Lipinski definition) is 4. The van der Waals surface area contributed by atoms with E-state index in [-0.39, 0.29) is 5.78 Å². The average molecular weight is 271 g/mol. The first-order chi connectivity index (χ1) is 8.25. The predicted octanol–water partition coefficient (Wildman–Crippen LogP) is 1.94. The molecule has 0 spiro atoms. The lowest BCUT2D eigenvalue weighted by Crippen LogP contribution is -2.39. The lowest BCUT2D eigenvalue weighted by atomic mass is 10.0. The summed E-state index contributed by atoms with van der Waals surface area (Å²) in [5.41, 5.74) is 0.870. The summed E-state index contributed by atoms with van der Waals surface area (Å²) in [4.78, 5) is 15.8. The van der Waals surface area contributed by atoms with Crippen LogP contribution in [0.2, 0.25) is 5.02 Å². The third-order valence-corrected chi connectivity index (χ3v) is 4.19. The van der Waals surface area contributed by atoms with E-state index in [1.54, 1.807) is 12.4 Å². The quantitative estimate of drug-likeness (QED) is 0.908. The Hall–Kier alpha value is -0.580. The van der Waals surface area contributed by atoms with Crippen LogP contribution in [0.25, 0.3) is 0 Å². The number of thioether (sulfide) groups is 1. The third-order valence-electron chi connectivity index (χ3n) is 2.72. The van der Waals surface area contributed by atoms with E-state index in [1.165, 1.54) is 0 Å². The highest BCUT2D eigenvalue weighted by Crippen LogP contribution is 2.16. The molecule has 1 aromatic heterocycles. The van der Waals surface area contributed by atoms with E-state index in [0.29, 0.717) is 23.9 Å². The average Bonchev–Trinajstić information content (AvgIpc) is 2.33. The molecule has 0 bridgehead atoms. The van der Waals surface area contributed by atoms with E-state index in [9.17, 15) is 4.79 Å². The van der Waals surface area contributed by atoms with Gasteiger partial charge < -0.3 is 5.32 Å². The second-order valence-corrected chi connectivity index (χ2v) is 5.67. The number of Topliss-reactive ketones (excluding diaryl/α,β-unsaturated/α-hetero) is 1. The van der Waals surface area contributed by atoms with Gasteiger partial charge in [-0.15, -0.1) is 0 Å². The van der Waals surface area contributed by atoms with Crippen molar-refractivity contribution in [3.8, 4) is 0 Å². The largest absolute Gasteiger partial charge is 0.312 e. The SMILES string of the molecule is O=C(Cc1ccncc1Cl)CC1CSCCN1. The van der Waals surface area contributed by atoms with Crippen molar-refractivity contribution in [1.82, 2.24) is 10.3 Å². The molecule has 2 heterocycles. The first kappa shape index (κ1) is 12.9. The molecule has 2 rings (SSSR count). The molecule has 3 nitrogen and oxygen atoms in total. The maximum Gasteiger partial charge on any atom is 0.138 e. The van der Waals surface area contributed by atoms with Gasteiger partial charge >= 0.3 is 0 Å². The molecule has 1 N–H and O–H groups in total. The van der Waals surface area contributed by atoms with Crippen LogP contribution < -0.4 is 5.32 Å². The van der Waals surface area contributed by atoms with Gasteiger partial charge in [0.2, 0.25) is 0 Å². The van der Waals surface area contributed by atoms with E-state index in [4.69, 9.17) is 11.6 Å². The van der Waals surface area contributed by atoms with E-state index >= 15 is 0 Å². The van der Waals surface area contributed by atoms with Crippen molar-refractivity contribution in [3.05, 3.63) is 29.0 Å². The van der Waals surface area contributed by atoms with Crippen LogP contribution >= 0.6 is 23.4 Å². The highest BCUT2D eigenvalue weighted by Gasteiger charge is 2.17. The minimum absolute atomic E-state index is 0.234. The molecule has 0 aliphatic carbocycles. The molecule has 1 aliphatic heterocycles. The van der Waals surface area contributed by atoms with Crippen LogP contribution in [-0.2, 0) is 11.2 Å². The second kappa shape index (κ2) is 6.38. The Kier molecular flexibility index (Phi) is 4.83. The summed E-state index contributed by atoms with van der Waals surface area (Å²) in [6.45, 7) is 0.999. The van der Waals surface area contributed by atoms with Crippen molar-refractivity contribution in [3.63, 3.8) is 0 Å². The Morgan fingerprint density at radius 1 is 1.65 bits per heavy atom. The molecule has 1 atom stereocenters. The molecule has 1 unspecified atom stereocenters. The van der Waals surface area contributed by atoms with Crippen LogP contribution in [-0.4, -0.2) is 34.9 Å². The van der Waals surface area contributed by atoms with Gasteiger partial charge in [-0.2, -0.15) is 11.8 Å². The zero-order valence-electron chi connectivity index (χ0n) is 9.49. The van der Waals surface area contributed by atoms with E-state index < -0.39 is 0 Å². The van der Waals surface area contributed by atoms with Crippen LogP contribution in [0.4, 0.5) is 0 Å². The van der Waals surface area contributed by atoms with Gasteiger partial charge in [0.15, 0.2) is 0 Å². The van der Waals surface area contributed by atoms with Gasteiger partial charge in [0.05, 0.1) is 5.02 Å². The monoisotopic (exact) mass is 270 g/mol. The smallest absolute Gasteiger partial charge is 0.138 e. The molecule has 0 saturated carbocycles. The number of rotatable bonds is 4. The minimum Gasteiger partial charge on any atom is -0.312 e. The molecule has 0 radical (unpaired) electrons. The standard InChI is InChI=1S/C12H15ClN2OS/c13-12-7-14-2-1-9(12)5-11(16)6-10-8-17-4-3-15-10/h1-2,7,10,15H,3-6,8H2. The fraction of sp³-hybridized carbons (Fsp3) is 0.500. The number of ketones is 1. The summed E-state index contributed by atoms with van der Waals surface area (Å²) in [6.07, 6.45) is 4.25. The normalized spacial score (nSPS) is 20.2. The molecule has 92 valence electrons. The number of hydrogen-bond donors (Lipinski definition) is 1. The second-order valence-electron chi connectivity index (χ2n) is 4.11. The minimum atomic E-state index is 0.234. The van der Waals surface area contributed by atoms with E-state index in [0.717, 1.165) is 23.6 Å². The van der Waals surface area contributed by atoms with Crippen LogP contribution in [0.15, 0.2) is 18.5 Å². The van der Waals surface area contributed by atoms with Crippen molar-refractivity contribution in [2.45, 2.75) is 18.9 Å². The topological polar surface area (TPSA) is 42.0 Å². The molecular weight excluding hydrogens is 256 g/mol. The molecule has 1 aliphatic rings. The summed E-state index contributed by atoms with van der Waals surface area (Å²) >= 11 is 7.88. The first-order valence-electron chi connectivity index (χ1n) is 5.67. The molecular formula is C12H15ClN2OS. The van der Waals surface area contributed by atoms with Crippen molar-refractivity contribution < 1.29 is 4.79 Å². The van der Waals surface area contributed by atoms with Crippen molar-refractivity contribution in [2.24, 2.45) is 0 Å². The van der Waals surface area contributed by atoms with Crippen LogP contribution in [0.3, 0.4) is 0 Å². The van der Waals surface area contributed by atoms with Crippen molar-refractivity contribution >= 4 is 29.1 Å². The van der Waals surface area contributed by atoms with Crippen LogP contribution in [0.1, 0.15) is 12.0 Å². The molecule has 17 heavy (non-hydrogen) atoms. The number of carbonyl (C=O) groups is 1. The van der Waals surface area contributed by atoms with Crippen molar-refractivity contribution in [1.29, 1.82) is 0 Å². The molecule has 0 amide bonds. The Labute approximate surface area is 110 Å². The highest BCUT2D eigenvalue weighted by atomic mass is 35.5. The predicted molar refractivity (Wildman–Crippen MR) is 71.7 cm³/mol. The fourth-order valence-corrected chi connectivity index (χ4v) is 2.99. The number of aromatic nitrogens is 1. The Bertz CT molecular complexity index is 394. The lowest BCUT2D eigenvalue weighted by molar-refractivity contribution is -0.118. The molecule has 1 saturated heterocycles. The van der Waals surface area contributed by atoms with E-state index in [1.807, 2.05) is 17.8 Å². The third kappa shape index (κ3) is 3.98. The lowest BCUT2D eigenvalue weighted by Gasteiger charge is -2.22. The summed E-state index contributed by atoms with van der Waals surface area (Å²) in [5.74, 6) is 2.40. The molecule has 1 fully saturated rings. The maximum absolute atomic E-state index is 11.9. The van der Waals surface area contributed by atoms with E-state index in [2.05, 4.69) is 10.3 Å². The number of halogens is 1. The summed E-state index contributed by atoms with van der Waals surface area (Å²) in [6, 6.07) is 2.13. The number of nitrogens with one attached hydrogen (secondary N) is 1. The molecule has 0 aromatic carbocycles. The Morgan fingerprint density at radius 3 is 3.24 bits per heavy atom. The summed E-state index contributed by atoms with van der Waals surface area (Å²) < 4.78 is 0. The van der Waals surface area contributed by atoms with Gasteiger partial charge in [0.1, 0.15) is 5.78 Å². The van der Waals surface area contributed by atoms with Gasteiger partial charge in [-0.1, -0.05) is 11.6 Å². The van der Waals surface area contributed by atoms with Crippen LogP contribution in [0, 0.1) is 0 Å². The maximum atomic E-state index is 11.9. The van der Waals surface area contributed by atoms with Gasteiger partial charge in [-0.3, -0.25) is 9.78 Å². The summed E-state index contributed by atoms with van der Waals surface area (Å²) in [7, 11) is 0.